The quantitative estimate of drug-likeness (QED) is 0.576. The molecule has 0 bridgehead atoms. The van der Waals surface area contributed by atoms with Crippen LogP contribution in [-0.4, -0.2) is 36.6 Å². The minimum absolute atomic E-state index is 0.0602. The Balaban J connectivity index is 3.90. The lowest BCUT2D eigenvalue weighted by Crippen LogP contribution is -2.41. The van der Waals surface area contributed by atoms with Crippen LogP contribution in [0.25, 0.3) is 0 Å². The molecule has 0 radical (unpaired) electrons. The third kappa shape index (κ3) is 4.77. The summed E-state index contributed by atoms with van der Waals surface area (Å²) in [6.07, 6.45) is 0. The Kier molecular flexibility index (Phi) is 5.30. The molecule has 0 saturated carbocycles. The molecule has 68 valence electrons. The highest BCUT2D eigenvalue weighted by atomic mass is 28.3. The van der Waals surface area contributed by atoms with Crippen LogP contribution >= 0.6 is 0 Å². The third-order valence-electron chi connectivity index (χ3n) is 1.90. The maximum absolute atomic E-state index is 2.71. The van der Waals surface area contributed by atoms with Gasteiger partial charge in [0.1, 0.15) is 0 Å². The molecule has 1 unspecified atom stereocenters. The molecule has 3 heteroatoms. The van der Waals surface area contributed by atoms with Gasteiger partial charge in [-0.2, -0.15) is 0 Å². The SMILES string of the molecule is CC([SiH3])[SiH2]N(C(C)C)C(C)C. The average molecular weight is 189 g/mol. The van der Waals surface area contributed by atoms with Crippen LogP contribution < -0.4 is 0 Å². The monoisotopic (exact) mass is 189 g/mol. The Bertz CT molecular complexity index is 94.3. The lowest BCUT2D eigenvalue weighted by Gasteiger charge is -2.31. The smallest absolute Gasteiger partial charge is 0.0950 e. The molecule has 0 fully saturated rings. The summed E-state index contributed by atoms with van der Waals surface area (Å²) in [5, 5.41) is 1.06. The van der Waals surface area contributed by atoms with Gasteiger partial charge in [0.25, 0.3) is 0 Å². The predicted molar refractivity (Wildman–Crippen MR) is 60.0 cm³/mol. The van der Waals surface area contributed by atoms with Gasteiger partial charge in [-0.1, -0.05) is 39.8 Å². The summed E-state index contributed by atoms with van der Waals surface area (Å²) in [6, 6.07) is 1.52. The molecule has 0 saturated heterocycles. The molecule has 1 nitrogen and oxygen atoms in total. The highest BCUT2D eigenvalue weighted by Crippen LogP contribution is 2.07. The van der Waals surface area contributed by atoms with E-state index >= 15 is 0 Å². The fraction of sp³-hybridized carbons (Fsp3) is 1.00. The van der Waals surface area contributed by atoms with Crippen LogP contribution in [0, 0.1) is 0 Å². The molecule has 0 aromatic carbocycles. The average Bonchev–Trinajstić information content (AvgIpc) is 1.81. The third-order valence-corrected chi connectivity index (χ3v) is 5.61. The summed E-state index contributed by atoms with van der Waals surface area (Å²) < 4.78 is 2.71. The van der Waals surface area contributed by atoms with Gasteiger partial charge in [-0.25, -0.2) is 0 Å². The summed E-state index contributed by atoms with van der Waals surface area (Å²) >= 11 is 0. The standard InChI is InChI=1S/C8H23NSi2/c1-6(2)9(7(3)4)11-8(5)10/h6-8H,11H2,1-5,10H3. The summed E-state index contributed by atoms with van der Waals surface area (Å²) in [7, 11) is 1.44. The van der Waals surface area contributed by atoms with Gasteiger partial charge in [-0.05, 0) is 12.1 Å². The van der Waals surface area contributed by atoms with E-state index in [0.717, 1.165) is 17.2 Å². The Morgan fingerprint density at radius 1 is 1.00 bits per heavy atom. The van der Waals surface area contributed by atoms with Crippen LogP contribution in [0.2, 0.25) is 5.16 Å². The van der Waals surface area contributed by atoms with Crippen molar-refractivity contribution in [1.29, 1.82) is 0 Å². The van der Waals surface area contributed by atoms with E-state index < -0.39 is 0 Å². The largest absolute Gasteiger partial charge is 0.325 e. The Hall–Kier alpha value is 0.394. The second-order valence-electron chi connectivity index (χ2n) is 4.28. The van der Waals surface area contributed by atoms with E-state index in [1.807, 2.05) is 0 Å². The van der Waals surface area contributed by atoms with Gasteiger partial charge >= 0.3 is 0 Å². The maximum atomic E-state index is 2.71. The molecule has 0 aliphatic carbocycles. The van der Waals surface area contributed by atoms with Gasteiger partial charge < -0.3 is 4.57 Å². The van der Waals surface area contributed by atoms with Gasteiger partial charge in [0.2, 0.25) is 0 Å². The van der Waals surface area contributed by atoms with Crippen molar-refractivity contribution in [2.24, 2.45) is 0 Å². The van der Waals surface area contributed by atoms with Crippen molar-refractivity contribution in [1.82, 2.24) is 4.57 Å². The van der Waals surface area contributed by atoms with Gasteiger partial charge in [0, 0.05) is 10.2 Å². The summed E-state index contributed by atoms with van der Waals surface area (Å²) in [5.74, 6) is 0. The molecular weight excluding hydrogens is 166 g/mol. The van der Waals surface area contributed by atoms with Crippen molar-refractivity contribution >= 4 is 19.9 Å². The molecule has 0 aromatic rings. The number of nitrogens with zero attached hydrogens (tertiary/aromatic N) is 1. The van der Waals surface area contributed by atoms with Crippen LogP contribution in [0.15, 0.2) is 0 Å². The number of hydrogen-bond donors (Lipinski definition) is 0. The molecule has 0 amide bonds. The Labute approximate surface area is 76.9 Å². The maximum Gasteiger partial charge on any atom is 0.0950 e. The molecule has 0 aromatic heterocycles. The molecule has 0 aliphatic heterocycles. The fourth-order valence-corrected chi connectivity index (χ4v) is 4.39. The van der Waals surface area contributed by atoms with E-state index in [-0.39, 0.29) is 9.68 Å². The summed E-state index contributed by atoms with van der Waals surface area (Å²) in [4.78, 5) is 0. The van der Waals surface area contributed by atoms with Crippen molar-refractivity contribution in [2.75, 3.05) is 0 Å². The molecule has 0 N–H and O–H groups in total. The molecule has 0 rings (SSSR count). The van der Waals surface area contributed by atoms with E-state index in [1.54, 1.807) is 0 Å². The van der Waals surface area contributed by atoms with Crippen LogP contribution in [0.4, 0.5) is 0 Å². The highest BCUT2D eigenvalue weighted by molar-refractivity contribution is 6.47. The number of rotatable bonds is 4. The predicted octanol–water partition coefficient (Wildman–Crippen LogP) is 0.320. The van der Waals surface area contributed by atoms with Gasteiger partial charge in [-0.3, -0.25) is 0 Å². The molecular formula is C8H23NSi2. The van der Waals surface area contributed by atoms with E-state index in [1.165, 1.54) is 10.2 Å². The fourth-order valence-electron chi connectivity index (χ4n) is 1.44. The zero-order valence-corrected chi connectivity index (χ0v) is 12.3. The van der Waals surface area contributed by atoms with Crippen molar-refractivity contribution < 1.29 is 0 Å². The second-order valence-corrected chi connectivity index (χ2v) is 10.6. The molecule has 0 heterocycles. The first kappa shape index (κ1) is 11.4. The summed E-state index contributed by atoms with van der Waals surface area (Å²) in [6.45, 7) is 11.7. The van der Waals surface area contributed by atoms with E-state index in [4.69, 9.17) is 0 Å². The number of hydrogen-bond acceptors (Lipinski definition) is 1. The van der Waals surface area contributed by atoms with Crippen molar-refractivity contribution in [2.45, 2.75) is 51.9 Å². The van der Waals surface area contributed by atoms with E-state index in [0.29, 0.717) is 0 Å². The van der Waals surface area contributed by atoms with E-state index in [9.17, 15) is 0 Å². The summed E-state index contributed by atoms with van der Waals surface area (Å²) in [5.41, 5.74) is 0. The molecule has 1 atom stereocenters. The van der Waals surface area contributed by atoms with Gasteiger partial charge in [0.05, 0.1) is 9.68 Å². The zero-order chi connectivity index (χ0) is 9.02. The molecule has 0 spiro atoms. The van der Waals surface area contributed by atoms with E-state index in [2.05, 4.69) is 39.2 Å². The second kappa shape index (κ2) is 5.11. The van der Waals surface area contributed by atoms with Crippen LogP contribution in [0.3, 0.4) is 0 Å². The molecule has 11 heavy (non-hydrogen) atoms. The zero-order valence-electron chi connectivity index (χ0n) is 8.89. The van der Waals surface area contributed by atoms with Crippen LogP contribution in [0.1, 0.15) is 34.6 Å². The lowest BCUT2D eigenvalue weighted by atomic mass is 10.3. The first-order valence-corrected chi connectivity index (χ1v) is 7.31. The highest BCUT2D eigenvalue weighted by Gasteiger charge is 2.14. The van der Waals surface area contributed by atoms with Gasteiger partial charge in [-0.15, -0.1) is 0 Å². The van der Waals surface area contributed by atoms with Crippen molar-refractivity contribution in [3.05, 3.63) is 0 Å². The Morgan fingerprint density at radius 3 is 1.45 bits per heavy atom. The van der Waals surface area contributed by atoms with Crippen molar-refractivity contribution in [3.8, 4) is 0 Å². The minimum atomic E-state index is 0.0602. The Morgan fingerprint density at radius 2 is 1.36 bits per heavy atom. The minimum Gasteiger partial charge on any atom is -0.325 e. The van der Waals surface area contributed by atoms with Gasteiger partial charge in [0.15, 0.2) is 0 Å². The first-order valence-electron chi connectivity index (χ1n) is 4.70. The van der Waals surface area contributed by atoms with Crippen LogP contribution in [-0.2, 0) is 0 Å². The normalized spacial score (nSPS) is 16.4. The molecule has 0 aliphatic rings. The topological polar surface area (TPSA) is 3.24 Å². The van der Waals surface area contributed by atoms with Crippen molar-refractivity contribution in [3.63, 3.8) is 0 Å². The first-order chi connectivity index (χ1) is 4.95. The lowest BCUT2D eigenvalue weighted by molar-refractivity contribution is 0.311. The van der Waals surface area contributed by atoms with Crippen LogP contribution in [0.5, 0.6) is 0 Å².